The van der Waals surface area contributed by atoms with Crippen LogP contribution in [0.3, 0.4) is 0 Å². The lowest BCUT2D eigenvalue weighted by Gasteiger charge is -2.00. The van der Waals surface area contributed by atoms with Crippen molar-refractivity contribution in [2.24, 2.45) is 0 Å². The van der Waals surface area contributed by atoms with E-state index in [9.17, 15) is 4.79 Å². The molecule has 0 aliphatic heterocycles. The minimum absolute atomic E-state index is 0.354. The summed E-state index contributed by atoms with van der Waals surface area (Å²) >= 11 is 1.46. The van der Waals surface area contributed by atoms with Crippen LogP contribution in [0.4, 0.5) is 0 Å². The number of ether oxygens (including phenoxy) is 1. The molecule has 0 atom stereocenters. The molecule has 5 heteroatoms. The molecule has 0 bridgehead atoms. The molecule has 2 heterocycles. The molecule has 19 heavy (non-hydrogen) atoms. The molecule has 100 valence electrons. The lowest BCUT2D eigenvalue weighted by atomic mass is 10.2. The van der Waals surface area contributed by atoms with Crippen LogP contribution < -0.4 is 0 Å². The Balaban J connectivity index is 2.41. The summed E-state index contributed by atoms with van der Waals surface area (Å²) in [6.07, 6.45) is 0. The van der Waals surface area contributed by atoms with Gasteiger partial charge in [-0.2, -0.15) is 0 Å². The molecule has 0 fully saturated rings. The fourth-order valence-electron chi connectivity index (χ4n) is 1.85. The number of hydrogen-bond acceptors (Lipinski definition) is 5. The Hall–Kier alpha value is -1.75. The molecule has 0 saturated carbocycles. The molecular formula is C14H16N2O2S. The Bertz CT molecular complexity index is 600. The summed E-state index contributed by atoms with van der Waals surface area (Å²) in [6.45, 7) is 7.98. The summed E-state index contributed by atoms with van der Waals surface area (Å²) in [5, 5.41) is 0.757. The van der Waals surface area contributed by atoms with Gasteiger partial charge in [0, 0.05) is 10.6 Å². The molecule has 2 aromatic rings. The Morgan fingerprint density at radius 1 is 1.26 bits per heavy atom. The molecular weight excluding hydrogens is 260 g/mol. The lowest BCUT2D eigenvalue weighted by molar-refractivity contribution is 0.0519. The van der Waals surface area contributed by atoms with Crippen LogP contribution in [0.5, 0.6) is 0 Å². The van der Waals surface area contributed by atoms with E-state index >= 15 is 0 Å². The minimum Gasteiger partial charge on any atom is -0.461 e. The standard InChI is InChI=1S/C14H16N2O2S/c1-5-18-14(17)12-10(4)19-13(16-12)11-7-8(2)6-9(3)15-11/h6-7H,5H2,1-4H3. The van der Waals surface area contributed by atoms with Crippen LogP contribution in [0.15, 0.2) is 12.1 Å². The number of aromatic nitrogens is 2. The van der Waals surface area contributed by atoms with Gasteiger partial charge in [0.15, 0.2) is 5.69 Å². The van der Waals surface area contributed by atoms with Crippen molar-refractivity contribution in [2.45, 2.75) is 27.7 Å². The zero-order valence-corrected chi connectivity index (χ0v) is 12.3. The maximum absolute atomic E-state index is 11.7. The second kappa shape index (κ2) is 5.48. The van der Waals surface area contributed by atoms with Crippen LogP contribution in [0.2, 0.25) is 0 Å². The van der Waals surface area contributed by atoms with Gasteiger partial charge < -0.3 is 4.74 Å². The van der Waals surface area contributed by atoms with E-state index in [-0.39, 0.29) is 5.97 Å². The fraction of sp³-hybridized carbons (Fsp3) is 0.357. The summed E-state index contributed by atoms with van der Waals surface area (Å²) in [6, 6.07) is 3.98. The van der Waals surface area contributed by atoms with E-state index < -0.39 is 0 Å². The van der Waals surface area contributed by atoms with Crippen LogP contribution in [0.1, 0.15) is 33.5 Å². The highest BCUT2D eigenvalue weighted by Gasteiger charge is 2.18. The number of rotatable bonds is 3. The van der Waals surface area contributed by atoms with Crippen molar-refractivity contribution in [1.82, 2.24) is 9.97 Å². The van der Waals surface area contributed by atoms with E-state index in [2.05, 4.69) is 9.97 Å². The third kappa shape index (κ3) is 2.98. The van der Waals surface area contributed by atoms with Gasteiger partial charge in [0.05, 0.1) is 12.3 Å². The number of aryl methyl sites for hydroxylation is 3. The van der Waals surface area contributed by atoms with Crippen molar-refractivity contribution in [3.05, 3.63) is 34.0 Å². The van der Waals surface area contributed by atoms with Gasteiger partial charge >= 0.3 is 5.97 Å². The largest absolute Gasteiger partial charge is 0.461 e. The molecule has 0 N–H and O–H groups in total. The van der Waals surface area contributed by atoms with Gasteiger partial charge in [-0.25, -0.2) is 9.78 Å². The second-order valence-electron chi connectivity index (χ2n) is 4.32. The average molecular weight is 276 g/mol. The summed E-state index contributed by atoms with van der Waals surface area (Å²) in [5.41, 5.74) is 3.28. The van der Waals surface area contributed by atoms with Gasteiger partial charge in [-0.3, -0.25) is 4.98 Å². The van der Waals surface area contributed by atoms with Crippen molar-refractivity contribution in [3.8, 4) is 10.7 Å². The molecule has 0 aromatic carbocycles. The molecule has 2 rings (SSSR count). The molecule has 0 aliphatic rings. The Morgan fingerprint density at radius 3 is 2.63 bits per heavy atom. The molecule has 4 nitrogen and oxygen atoms in total. The van der Waals surface area contributed by atoms with Crippen LogP contribution in [-0.2, 0) is 4.74 Å². The highest BCUT2D eigenvalue weighted by Crippen LogP contribution is 2.27. The SMILES string of the molecule is CCOC(=O)c1nc(-c2cc(C)cc(C)n2)sc1C. The molecule has 0 aliphatic carbocycles. The Labute approximate surface area is 116 Å². The second-order valence-corrected chi connectivity index (χ2v) is 5.52. The zero-order chi connectivity index (χ0) is 14.0. The van der Waals surface area contributed by atoms with Gasteiger partial charge in [-0.15, -0.1) is 11.3 Å². The van der Waals surface area contributed by atoms with Gasteiger partial charge in [0.1, 0.15) is 5.01 Å². The summed E-state index contributed by atoms with van der Waals surface area (Å²) in [4.78, 5) is 21.4. The zero-order valence-electron chi connectivity index (χ0n) is 11.5. The van der Waals surface area contributed by atoms with Crippen molar-refractivity contribution in [2.75, 3.05) is 6.61 Å². The number of nitrogens with zero attached hydrogens (tertiary/aromatic N) is 2. The van der Waals surface area contributed by atoms with Crippen molar-refractivity contribution < 1.29 is 9.53 Å². The van der Waals surface area contributed by atoms with Gasteiger partial charge in [-0.1, -0.05) is 0 Å². The smallest absolute Gasteiger partial charge is 0.358 e. The van der Waals surface area contributed by atoms with Crippen LogP contribution in [0.25, 0.3) is 10.7 Å². The van der Waals surface area contributed by atoms with Gasteiger partial charge in [-0.05, 0) is 45.4 Å². The number of thiazole rings is 1. The van der Waals surface area contributed by atoms with E-state index in [0.29, 0.717) is 12.3 Å². The van der Waals surface area contributed by atoms with E-state index in [1.54, 1.807) is 6.92 Å². The van der Waals surface area contributed by atoms with Crippen LogP contribution in [0, 0.1) is 20.8 Å². The Morgan fingerprint density at radius 2 is 2.00 bits per heavy atom. The Kier molecular flexibility index (Phi) is 3.95. The monoisotopic (exact) mass is 276 g/mol. The first kappa shape index (κ1) is 13.7. The summed E-state index contributed by atoms with van der Waals surface area (Å²) < 4.78 is 4.99. The van der Waals surface area contributed by atoms with E-state index in [0.717, 1.165) is 26.8 Å². The number of pyridine rings is 1. The highest BCUT2D eigenvalue weighted by molar-refractivity contribution is 7.15. The van der Waals surface area contributed by atoms with E-state index in [1.807, 2.05) is 32.9 Å². The molecule has 2 aromatic heterocycles. The predicted molar refractivity (Wildman–Crippen MR) is 75.5 cm³/mol. The number of hydrogen-bond donors (Lipinski definition) is 0. The fourth-order valence-corrected chi connectivity index (χ4v) is 2.71. The summed E-state index contributed by atoms with van der Waals surface area (Å²) in [7, 11) is 0. The first-order valence-electron chi connectivity index (χ1n) is 6.11. The molecule has 0 spiro atoms. The average Bonchev–Trinajstić information content (AvgIpc) is 2.70. The van der Waals surface area contributed by atoms with Crippen molar-refractivity contribution in [1.29, 1.82) is 0 Å². The maximum Gasteiger partial charge on any atom is 0.358 e. The van der Waals surface area contributed by atoms with E-state index in [1.165, 1.54) is 11.3 Å². The van der Waals surface area contributed by atoms with Crippen LogP contribution in [-0.4, -0.2) is 22.5 Å². The summed E-state index contributed by atoms with van der Waals surface area (Å²) in [5.74, 6) is -0.369. The van der Waals surface area contributed by atoms with Gasteiger partial charge in [0.25, 0.3) is 0 Å². The van der Waals surface area contributed by atoms with Crippen LogP contribution >= 0.6 is 11.3 Å². The quantitative estimate of drug-likeness (QED) is 0.807. The molecule has 0 radical (unpaired) electrons. The normalized spacial score (nSPS) is 10.5. The van der Waals surface area contributed by atoms with Crippen molar-refractivity contribution >= 4 is 17.3 Å². The minimum atomic E-state index is -0.369. The molecule has 0 unspecified atom stereocenters. The topological polar surface area (TPSA) is 52.1 Å². The third-order valence-corrected chi connectivity index (χ3v) is 3.58. The number of esters is 1. The predicted octanol–water partition coefficient (Wildman–Crippen LogP) is 3.31. The first-order chi connectivity index (χ1) is 9.01. The first-order valence-corrected chi connectivity index (χ1v) is 6.93. The number of carbonyl (C=O) groups is 1. The third-order valence-electron chi connectivity index (χ3n) is 2.58. The van der Waals surface area contributed by atoms with Gasteiger partial charge in [0.2, 0.25) is 0 Å². The lowest BCUT2D eigenvalue weighted by Crippen LogP contribution is -2.06. The molecule has 0 amide bonds. The number of carbonyl (C=O) groups excluding carboxylic acids is 1. The molecule has 0 saturated heterocycles. The van der Waals surface area contributed by atoms with E-state index in [4.69, 9.17) is 4.74 Å². The van der Waals surface area contributed by atoms with Crippen molar-refractivity contribution in [3.63, 3.8) is 0 Å². The maximum atomic E-state index is 11.7. The highest BCUT2D eigenvalue weighted by atomic mass is 32.1.